The first kappa shape index (κ1) is 16.4. The lowest BCUT2D eigenvalue weighted by molar-refractivity contribution is 0.866. The largest absolute Gasteiger partial charge is 0.372 e. The molecule has 0 fully saturated rings. The molecule has 0 bridgehead atoms. The highest BCUT2D eigenvalue weighted by atomic mass is 32.2. The van der Waals surface area contributed by atoms with Gasteiger partial charge in [-0.25, -0.2) is 0 Å². The minimum Gasteiger partial charge on any atom is -0.372 e. The topological polar surface area (TPSA) is 53.6 Å². The van der Waals surface area contributed by atoms with Crippen LogP contribution in [0.3, 0.4) is 0 Å². The van der Waals surface area contributed by atoms with Gasteiger partial charge in [0.2, 0.25) is 0 Å². The predicted octanol–water partition coefficient (Wildman–Crippen LogP) is 3.94. The molecule has 0 aliphatic rings. The molecule has 0 aliphatic carbocycles. The minimum atomic E-state index is 0.939. The summed E-state index contributed by atoms with van der Waals surface area (Å²) in [5.41, 5.74) is 6.26. The zero-order valence-electron chi connectivity index (χ0n) is 13.0. The zero-order valence-corrected chi connectivity index (χ0v) is 13.8. The standard InChI is InChI=1S/C17H22N4S/c1-3-21(4-2)16-9-5-14(6-10-16)13-19-20-15-7-11-17(22-18)12-8-15/h5-13,20H,3-4,18H2,1-2H3/b19-13+. The van der Waals surface area contributed by atoms with E-state index >= 15 is 0 Å². The Bertz CT molecular complexity index is 589. The Balaban J connectivity index is 1.95. The third-order valence-electron chi connectivity index (χ3n) is 3.42. The molecule has 0 atom stereocenters. The average molecular weight is 314 g/mol. The Morgan fingerprint density at radius 3 is 2.23 bits per heavy atom. The fraction of sp³-hybridized carbons (Fsp3) is 0.235. The van der Waals surface area contributed by atoms with Gasteiger partial charge in [0.05, 0.1) is 11.9 Å². The number of nitrogens with zero attached hydrogens (tertiary/aromatic N) is 2. The molecule has 0 unspecified atom stereocenters. The Morgan fingerprint density at radius 2 is 1.68 bits per heavy atom. The van der Waals surface area contributed by atoms with Crippen LogP contribution in [0.5, 0.6) is 0 Å². The Morgan fingerprint density at radius 1 is 1.05 bits per heavy atom. The summed E-state index contributed by atoms with van der Waals surface area (Å²) >= 11 is 1.24. The first-order chi connectivity index (χ1) is 10.8. The summed E-state index contributed by atoms with van der Waals surface area (Å²) in [6, 6.07) is 16.2. The highest BCUT2D eigenvalue weighted by Crippen LogP contribution is 2.16. The monoisotopic (exact) mass is 314 g/mol. The Labute approximate surface area is 136 Å². The zero-order chi connectivity index (χ0) is 15.8. The SMILES string of the molecule is CCN(CC)c1ccc(/C=N/Nc2ccc(SN)cc2)cc1. The number of benzene rings is 2. The van der Waals surface area contributed by atoms with E-state index in [9.17, 15) is 0 Å². The number of hydrogen-bond acceptors (Lipinski definition) is 5. The van der Waals surface area contributed by atoms with E-state index in [1.807, 2.05) is 30.5 Å². The summed E-state index contributed by atoms with van der Waals surface area (Å²) in [5, 5.41) is 9.75. The van der Waals surface area contributed by atoms with Gasteiger partial charge in [-0.05, 0) is 67.8 Å². The van der Waals surface area contributed by atoms with Gasteiger partial charge < -0.3 is 4.90 Å². The molecular weight excluding hydrogens is 292 g/mol. The lowest BCUT2D eigenvalue weighted by atomic mass is 10.2. The molecule has 2 aromatic carbocycles. The van der Waals surface area contributed by atoms with Crippen molar-refractivity contribution in [3.8, 4) is 0 Å². The van der Waals surface area contributed by atoms with Crippen molar-refractivity contribution in [3.05, 3.63) is 54.1 Å². The molecule has 2 aromatic rings. The van der Waals surface area contributed by atoms with Crippen molar-refractivity contribution in [2.75, 3.05) is 23.4 Å². The Kier molecular flexibility index (Phi) is 6.30. The fourth-order valence-corrected chi connectivity index (χ4v) is 2.44. The van der Waals surface area contributed by atoms with Gasteiger partial charge in [-0.1, -0.05) is 12.1 Å². The Hall–Kier alpha value is -1.98. The summed E-state index contributed by atoms with van der Waals surface area (Å²) in [4.78, 5) is 3.34. The van der Waals surface area contributed by atoms with Gasteiger partial charge in [0.1, 0.15) is 0 Å². The van der Waals surface area contributed by atoms with E-state index in [2.05, 4.69) is 53.5 Å². The van der Waals surface area contributed by atoms with E-state index in [4.69, 9.17) is 5.14 Å². The maximum Gasteiger partial charge on any atom is 0.0562 e. The van der Waals surface area contributed by atoms with E-state index in [1.165, 1.54) is 17.6 Å². The van der Waals surface area contributed by atoms with Crippen molar-refractivity contribution in [2.24, 2.45) is 10.2 Å². The third kappa shape index (κ3) is 4.51. The van der Waals surface area contributed by atoms with Crippen LogP contribution in [0, 0.1) is 0 Å². The van der Waals surface area contributed by atoms with Crippen LogP contribution in [0.15, 0.2) is 58.5 Å². The molecule has 0 heterocycles. The molecule has 116 valence electrons. The highest BCUT2D eigenvalue weighted by Gasteiger charge is 2.00. The molecule has 0 amide bonds. The van der Waals surface area contributed by atoms with Crippen molar-refractivity contribution < 1.29 is 0 Å². The first-order valence-electron chi connectivity index (χ1n) is 7.37. The quantitative estimate of drug-likeness (QED) is 0.462. The van der Waals surface area contributed by atoms with Crippen molar-refractivity contribution in [1.29, 1.82) is 0 Å². The van der Waals surface area contributed by atoms with Crippen LogP contribution in [-0.2, 0) is 0 Å². The van der Waals surface area contributed by atoms with Gasteiger partial charge in [-0.15, -0.1) is 0 Å². The first-order valence-corrected chi connectivity index (χ1v) is 8.25. The van der Waals surface area contributed by atoms with E-state index in [0.29, 0.717) is 0 Å². The van der Waals surface area contributed by atoms with Gasteiger partial charge >= 0.3 is 0 Å². The molecule has 5 heteroatoms. The molecule has 22 heavy (non-hydrogen) atoms. The molecular formula is C17H22N4S. The number of nitrogens with two attached hydrogens (primary N) is 1. The number of nitrogens with one attached hydrogen (secondary N) is 1. The molecule has 0 saturated carbocycles. The van der Waals surface area contributed by atoms with E-state index in [0.717, 1.165) is 29.2 Å². The van der Waals surface area contributed by atoms with Crippen LogP contribution in [0.2, 0.25) is 0 Å². The minimum absolute atomic E-state index is 0.939. The van der Waals surface area contributed by atoms with Crippen molar-refractivity contribution >= 4 is 29.5 Å². The molecule has 0 saturated heterocycles. The smallest absolute Gasteiger partial charge is 0.0562 e. The molecule has 3 N–H and O–H groups in total. The van der Waals surface area contributed by atoms with Gasteiger partial charge in [0.15, 0.2) is 0 Å². The van der Waals surface area contributed by atoms with Gasteiger partial charge in [-0.3, -0.25) is 10.6 Å². The van der Waals surface area contributed by atoms with Gasteiger partial charge in [0.25, 0.3) is 0 Å². The molecule has 0 radical (unpaired) electrons. The number of hydrogen-bond donors (Lipinski definition) is 2. The van der Waals surface area contributed by atoms with Crippen LogP contribution in [-0.4, -0.2) is 19.3 Å². The lowest BCUT2D eigenvalue weighted by Gasteiger charge is -2.20. The molecule has 0 aliphatic heterocycles. The van der Waals surface area contributed by atoms with Crippen molar-refractivity contribution in [3.63, 3.8) is 0 Å². The van der Waals surface area contributed by atoms with E-state index in [-0.39, 0.29) is 0 Å². The van der Waals surface area contributed by atoms with Crippen LogP contribution in [0.1, 0.15) is 19.4 Å². The van der Waals surface area contributed by atoms with Crippen LogP contribution >= 0.6 is 11.9 Å². The van der Waals surface area contributed by atoms with Gasteiger partial charge in [0, 0.05) is 23.7 Å². The number of rotatable bonds is 7. The second kappa shape index (κ2) is 8.46. The normalized spacial score (nSPS) is 10.9. The van der Waals surface area contributed by atoms with Crippen LogP contribution in [0.4, 0.5) is 11.4 Å². The maximum atomic E-state index is 5.49. The summed E-state index contributed by atoms with van der Waals surface area (Å²) in [6.45, 7) is 6.36. The predicted molar refractivity (Wildman–Crippen MR) is 97.7 cm³/mol. The summed E-state index contributed by atoms with van der Waals surface area (Å²) in [7, 11) is 0. The summed E-state index contributed by atoms with van der Waals surface area (Å²) in [5.74, 6) is 0. The maximum absolute atomic E-state index is 5.49. The second-order valence-electron chi connectivity index (χ2n) is 4.78. The van der Waals surface area contributed by atoms with Crippen LogP contribution in [0.25, 0.3) is 0 Å². The fourth-order valence-electron chi connectivity index (χ4n) is 2.15. The van der Waals surface area contributed by atoms with Crippen LogP contribution < -0.4 is 15.5 Å². The summed E-state index contributed by atoms with van der Waals surface area (Å²) in [6.07, 6.45) is 1.82. The summed E-state index contributed by atoms with van der Waals surface area (Å²) < 4.78 is 0. The second-order valence-corrected chi connectivity index (χ2v) is 5.48. The van der Waals surface area contributed by atoms with Crippen molar-refractivity contribution in [1.82, 2.24) is 0 Å². The average Bonchev–Trinajstić information content (AvgIpc) is 2.58. The molecule has 0 aromatic heterocycles. The third-order valence-corrected chi connectivity index (χ3v) is 3.96. The van der Waals surface area contributed by atoms with Gasteiger partial charge in [-0.2, -0.15) is 5.10 Å². The van der Waals surface area contributed by atoms with E-state index < -0.39 is 0 Å². The molecule has 2 rings (SSSR count). The van der Waals surface area contributed by atoms with E-state index in [1.54, 1.807) is 0 Å². The number of hydrazone groups is 1. The molecule has 4 nitrogen and oxygen atoms in total. The molecule has 0 spiro atoms. The highest BCUT2D eigenvalue weighted by molar-refractivity contribution is 7.97. The lowest BCUT2D eigenvalue weighted by Crippen LogP contribution is -2.21. The number of anilines is 2. The van der Waals surface area contributed by atoms with Crippen molar-refractivity contribution in [2.45, 2.75) is 18.7 Å².